The number of carboxylic acids is 1. The van der Waals surface area contributed by atoms with Crippen LogP contribution in [-0.2, 0) is 10.2 Å². The first kappa shape index (κ1) is 23.1. The van der Waals surface area contributed by atoms with Gasteiger partial charge in [-0.3, -0.25) is 4.79 Å². The zero-order valence-corrected chi connectivity index (χ0v) is 20.2. The van der Waals surface area contributed by atoms with Crippen molar-refractivity contribution >= 4 is 34.7 Å². The van der Waals surface area contributed by atoms with E-state index in [1.165, 1.54) is 6.07 Å². The van der Waals surface area contributed by atoms with Gasteiger partial charge >= 0.3 is 12.0 Å². The fourth-order valence-electron chi connectivity index (χ4n) is 7.03. The minimum absolute atomic E-state index is 0.146. The number of carboxylic acid groups (broad SMARTS) is 1. The third-order valence-electron chi connectivity index (χ3n) is 8.10. The third kappa shape index (κ3) is 3.86. The van der Waals surface area contributed by atoms with Gasteiger partial charge < -0.3 is 15.7 Å². The highest BCUT2D eigenvalue weighted by Gasteiger charge is 2.62. The molecular weight excluding hydrogens is 484 g/mol. The van der Waals surface area contributed by atoms with Crippen molar-refractivity contribution < 1.29 is 23.5 Å². The molecule has 1 heterocycles. The van der Waals surface area contributed by atoms with Crippen LogP contribution in [0.4, 0.5) is 25.0 Å². The number of carbonyl (C=O) groups excluding carboxylic acids is 1. The van der Waals surface area contributed by atoms with Crippen molar-refractivity contribution in [2.45, 2.75) is 43.9 Å². The summed E-state index contributed by atoms with van der Waals surface area (Å²) >= 11 is 1.62. The van der Waals surface area contributed by atoms with Crippen LogP contribution < -0.4 is 10.6 Å². The van der Waals surface area contributed by atoms with Gasteiger partial charge in [0.1, 0.15) is 17.3 Å². The van der Waals surface area contributed by atoms with E-state index < -0.39 is 34.7 Å². The van der Waals surface area contributed by atoms with Gasteiger partial charge in [-0.25, -0.2) is 18.6 Å². The lowest BCUT2D eigenvalue weighted by atomic mass is 9.44. The molecule has 0 aliphatic heterocycles. The van der Waals surface area contributed by atoms with Gasteiger partial charge in [0.15, 0.2) is 0 Å². The minimum Gasteiger partial charge on any atom is -0.481 e. The van der Waals surface area contributed by atoms with Crippen molar-refractivity contribution in [1.29, 1.82) is 0 Å². The number of aliphatic carboxylic acids is 1. The Morgan fingerprint density at radius 2 is 1.64 bits per heavy atom. The van der Waals surface area contributed by atoms with Gasteiger partial charge in [-0.1, -0.05) is 18.2 Å². The van der Waals surface area contributed by atoms with Crippen molar-refractivity contribution in [3.05, 3.63) is 65.3 Å². The van der Waals surface area contributed by atoms with E-state index >= 15 is 0 Å². The molecule has 4 fully saturated rings. The number of urea groups is 1. The van der Waals surface area contributed by atoms with Gasteiger partial charge in [0.2, 0.25) is 0 Å². The Labute approximate surface area is 210 Å². The molecule has 0 radical (unpaired) electrons. The van der Waals surface area contributed by atoms with E-state index in [2.05, 4.69) is 10.6 Å². The van der Waals surface area contributed by atoms with Crippen molar-refractivity contribution in [2.24, 2.45) is 17.3 Å². The Kier molecular flexibility index (Phi) is 5.37. The number of nitrogens with one attached hydrogen (secondary N) is 2. The predicted molar refractivity (Wildman–Crippen MR) is 133 cm³/mol. The van der Waals surface area contributed by atoms with E-state index in [1.807, 2.05) is 18.3 Å². The van der Waals surface area contributed by atoms with Crippen molar-refractivity contribution in [3.8, 4) is 10.4 Å². The molecule has 4 aliphatic carbocycles. The number of anilines is 2. The van der Waals surface area contributed by atoms with E-state index in [9.17, 15) is 23.5 Å². The van der Waals surface area contributed by atoms with E-state index in [1.54, 1.807) is 23.5 Å². The first-order valence-electron chi connectivity index (χ1n) is 12.1. The quantitative estimate of drug-likeness (QED) is 0.359. The van der Waals surface area contributed by atoms with Crippen LogP contribution in [0, 0.1) is 28.9 Å². The maximum Gasteiger partial charge on any atom is 0.323 e. The van der Waals surface area contributed by atoms with Crippen LogP contribution in [0.25, 0.3) is 10.4 Å². The lowest BCUT2D eigenvalue weighted by Gasteiger charge is -2.59. The van der Waals surface area contributed by atoms with E-state index in [0.29, 0.717) is 23.9 Å². The second kappa shape index (κ2) is 8.37. The number of hydrogen-bond donors (Lipinski definition) is 3. The minimum atomic E-state index is -0.852. The van der Waals surface area contributed by atoms with Crippen LogP contribution in [0.5, 0.6) is 0 Å². The summed E-state index contributed by atoms with van der Waals surface area (Å²) in [5.41, 5.74) is 0.158. The number of carbonyl (C=O) groups is 2. The largest absolute Gasteiger partial charge is 0.481 e. The summed E-state index contributed by atoms with van der Waals surface area (Å²) in [6, 6.07) is 9.77. The summed E-state index contributed by atoms with van der Waals surface area (Å²) in [4.78, 5) is 30.2. The Morgan fingerprint density at radius 1 is 0.972 bits per heavy atom. The summed E-state index contributed by atoms with van der Waals surface area (Å²) < 4.78 is 27.5. The van der Waals surface area contributed by atoms with Gasteiger partial charge in [-0.15, -0.1) is 11.3 Å². The Bertz CT molecular complexity index is 1320. The number of rotatable bonds is 5. The Balaban J connectivity index is 1.17. The molecule has 3 aromatic rings. The van der Waals surface area contributed by atoms with Crippen LogP contribution in [0.1, 0.15) is 43.5 Å². The maximum absolute atomic E-state index is 13.8. The molecular formula is C27H25F2N3O3S. The van der Waals surface area contributed by atoms with Crippen LogP contribution in [-0.4, -0.2) is 22.1 Å². The smallest absolute Gasteiger partial charge is 0.323 e. The molecule has 1 aromatic heterocycles. The van der Waals surface area contributed by atoms with Crippen molar-refractivity contribution in [2.75, 3.05) is 10.6 Å². The molecule has 36 heavy (non-hydrogen) atoms. The fourth-order valence-corrected chi connectivity index (χ4v) is 8.16. The van der Waals surface area contributed by atoms with Crippen LogP contribution in [0.2, 0.25) is 0 Å². The fraction of sp³-hybridized carbons (Fsp3) is 0.370. The second-order valence-corrected chi connectivity index (χ2v) is 11.6. The average molecular weight is 510 g/mol. The molecule has 6 nitrogen and oxygen atoms in total. The van der Waals surface area contributed by atoms with Crippen LogP contribution in [0.3, 0.4) is 0 Å². The average Bonchev–Trinajstić information content (AvgIpc) is 3.33. The highest BCUT2D eigenvalue weighted by Crippen LogP contribution is 2.66. The number of para-hydroxylation sites is 1. The molecule has 3 N–H and O–H groups in total. The topological polar surface area (TPSA) is 91.3 Å². The van der Waals surface area contributed by atoms with Gasteiger partial charge in [-0.05, 0) is 80.2 Å². The normalized spacial score (nSPS) is 28.2. The lowest BCUT2D eigenvalue weighted by molar-refractivity contribution is -0.167. The molecule has 4 bridgehead atoms. The van der Waals surface area contributed by atoms with Crippen molar-refractivity contribution in [1.82, 2.24) is 4.98 Å². The zero-order valence-electron chi connectivity index (χ0n) is 19.4. The Hall–Kier alpha value is -3.33. The number of aromatic nitrogens is 1. The standard InChI is InChI=1S/C27H25F2N3O3S/c28-19-2-1-3-20(29)22(19)32-25(35)31-18-6-4-17(5-7-18)21-13-30-23(36-21)26-9-15-8-16(10-26)12-27(11-15,14-26)24(33)34/h1-7,13,15-16H,8-12,14H2,(H,33,34)(H2,31,32,35). The first-order valence-corrected chi connectivity index (χ1v) is 12.9. The van der Waals surface area contributed by atoms with Crippen LogP contribution >= 0.6 is 11.3 Å². The first-order chi connectivity index (χ1) is 17.3. The number of benzene rings is 2. The number of hydrogen-bond acceptors (Lipinski definition) is 4. The molecule has 0 saturated heterocycles. The summed E-state index contributed by atoms with van der Waals surface area (Å²) in [6.45, 7) is 0. The molecule has 4 aliphatic rings. The molecule has 2 atom stereocenters. The molecule has 7 rings (SSSR count). The van der Waals surface area contributed by atoms with Gasteiger partial charge in [-0.2, -0.15) is 0 Å². The van der Waals surface area contributed by atoms with Gasteiger partial charge in [0.05, 0.1) is 15.3 Å². The molecule has 4 saturated carbocycles. The molecule has 2 amide bonds. The summed E-state index contributed by atoms with van der Waals surface area (Å²) in [5, 5.41) is 15.8. The summed E-state index contributed by atoms with van der Waals surface area (Å²) in [7, 11) is 0. The molecule has 2 aromatic carbocycles. The molecule has 2 unspecified atom stereocenters. The Morgan fingerprint density at radius 3 is 2.28 bits per heavy atom. The van der Waals surface area contributed by atoms with E-state index in [0.717, 1.165) is 59.7 Å². The SMILES string of the molecule is O=C(Nc1ccc(-c2cnc(C34CC5CC(CC(C(=O)O)(C5)C3)C4)s2)cc1)Nc1c(F)cccc1F. The maximum atomic E-state index is 13.8. The van der Waals surface area contributed by atoms with E-state index in [-0.39, 0.29) is 5.41 Å². The number of nitrogens with zero attached hydrogens (tertiary/aromatic N) is 1. The molecule has 186 valence electrons. The lowest BCUT2D eigenvalue weighted by Crippen LogP contribution is -2.56. The summed E-state index contributed by atoms with van der Waals surface area (Å²) in [6.07, 6.45) is 7.30. The zero-order chi connectivity index (χ0) is 25.1. The van der Waals surface area contributed by atoms with Gasteiger partial charge in [0.25, 0.3) is 0 Å². The summed E-state index contributed by atoms with van der Waals surface area (Å²) in [5.74, 6) is -1.43. The van der Waals surface area contributed by atoms with Gasteiger partial charge in [0, 0.05) is 17.3 Å². The van der Waals surface area contributed by atoms with Crippen LogP contribution in [0.15, 0.2) is 48.7 Å². The number of amides is 2. The van der Waals surface area contributed by atoms with Crippen molar-refractivity contribution in [3.63, 3.8) is 0 Å². The van der Waals surface area contributed by atoms with E-state index in [4.69, 9.17) is 4.98 Å². The predicted octanol–water partition coefficient (Wildman–Crippen LogP) is 6.65. The highest BCUT2D eigenvalue weighted by atomic mass is 32.1. The second-order valence-electron chi connectivity index (χ2n) is 10.6. The highest BCUT2D eigenvalue weighted by molar-refractivity contribution is 7.15. The number of thiazole rings is 1. The monoisotopic (exact) mass is 509 g/mol. The number of halogens is 2. The third-order valence-corrected chi connectivity index (χ3v) is 9.40. The molecule has 9 heteroatoms. The molecule has 0 spiro atoms.